The molecule has 100 valence electrons. The summed E-state index contributed by atoms with van der Waals surface area (Å²) in [6, 6.07) is 4.36. The Morgan fingerprint density at radius 2 is 2.00 bits per heavy atom. The Morgan fingerprint density at radius 1 is 1.39 bits per heavy atom. The number of nitrogens with one attached hydrogen (secondary N) is 1. The van der Waals surface area contributed by atoms with Crippen molar-refractivity contribution in [1.82, 2.24) is 0 Å². The Kier molecular flexibility index (Phi) is 5.13. The van der Waals surface area contributed by atoms with Crippen LogP contribution in [0.15, 0.2) is 22.7 Å². The van der Waals surface area contributed by atoms with Gasteiger partial charge in [-0.2, -0.15) is 0 Å². The minimum absolute atomic E-state index is 0. The largest absolute Gasteiger partial charge is 0.324 e. The Balaban J connectivity index is 0.00000162. The zero-order valence-corrected chi connectivity index (χ0v) is 12.1. The molecule has 0 aliphatic heterocycles. The third-order valence-corrected chi connectivity index (χ3v) is 3.73. The fraction of sp³-hybridized carbons (Fsp3) is 0.417. The van der Waals surface area contributed by atoms with E-state index in [-0.39, 0.29) is 24.1 Å². The van der Waals surface area contributed by atoms with Gasteiger partial charge in [0.1, 0.15) is 5.82 Å². The molecule has 1 aromatic rings. The Hall–Kier alpha value is -0.650. The third-order valence-electron chi connectivity index (χ3n) is 3.13. The van der Waals surface area contributed by atoms with Gasteiger partial charge in [0.15, 0.2) is 0 Å². The highest BCUT2D eigenvalue weighted by molar-refractivity contribution is 9.10. The number of carbonyl (C=O) groups is 1. The molecule has 0 bridgehead atoms. The fourth-order valence-corrected chi connectivity index (χ4v) is 2.44. The van der Waals surface area contributed by atoms with Crippen LogP contribution < -0.4 is 11.1 Å². The van der Waals surface area contributed by atoms with Crippen molar-refractivity contribution in [2.75, 3.05) is 5.32 Å². The number of carbonyl (C=O) groups excluding carboxylic acids is 1. The molecule has 6 heteroatoms. The Morgan fingerprint density at radius 3 is 2.56 bits per heavy atom. The van der Waals surface area contributed by atoms with Crippen molar-refractivity contribution in [3.63, 3.8) is 0 Å². The van der Waals surface area contributed by atoms with Gasteiger partial charge in [-0.15, -0.1) is 12.4 Å². The number of nitrogens with two attached hydrogens (primary N) is 1. The van der Waals surface area contributed by atoms with Gasteiger partial charge >= 0.3 is 0 Å². The lowest BCUT2D eigenvalue weighted by atomic mass is 9.98. The van der Waals surface area contributed by atoms with Crippen LogP contribution in [0.4, 0.5) is 10.1 Å². The highest BCUT2D eigenvalue weighted by Crippen LogP contribution is 2.29. The van der Waals surface area contributed by atoms with Crippen molar-refractivity contribution in [2.45, 2.75) is 31.2 Å². The standard InChI is InChI=1S/C12H14BrFN2O.ClH/c13-9-7-8(3-4-10(9)14)16-11(17)12(15)5-1-2-6-12;/h3-4,7H,1-2,5-6,15H2,(H,16,17);1H. The quantitative estimate of drug-likeness (QED) is 0.870. The topological polar surface area (TPSA) is 55.1 Å². The van der Waals surface area contributed by atoms with Crippen LogP contribution in [-0.4, -0.2) is 11.4 Å². The van der Waals surface area contributed by atoms with Gasteiger partial charge in [0.25, 0.3) is 0 Å². The molecule has 1 aliphatic rings. The second kappa shape index (κ2) is 5.99. The van der Waals surface area contributed by atoms with E-state index < -0.39 is 5.54 Å². The smallest absolute Gasteiger partial charge is 0.244 e. The summed E-state index contributed by atoms with van der Waals surface area (Å²) in [4.78, 5) is 12.0. The normalized spacial score (nSPS) is 17.1. The molecule has 0 heterocycles. The van der Waals surface area contributed by atoms with E-state index in [2.05, 4.69) is 21.2 Å². The average molecular weight is 338 g/mol. The van der Waals surface area contributed by atoms with E-state index >= 15 is 0 Å². The number of amides is 1. The summed E-state index contributed by atoms with van der Waals surface area (Å²) in [5.41, 5.74) is 5.81. The summed E-state index contributed by atoms with van der Waals surface area (Å²) in [6.45, 7) is 0. The van der Waals surface area contributed by atoms with E-state index in [1.165, 1.54) is 18.2 Å². The highest BCUT2D eigenvalue weighted by Gasteiger charge is 2.36. The van der Waals surface area contributed by atoms with Gasteiger partial charge in [0.05, 0.1) is 10.0 Å². The van der Waals surface area contributed by atoms with Crippen LogP contribution in [0.2, 0.25) is 0 Å². The highest BCUT2D eigenvalue weighted by atomic mass is 79.9. The first-order chi connectivity index (χ1) is 8.01. The van der Waals surface area contributed by atoms with Crippen LogP contribution in [0, 0.1) is 5.82 Å². The fourth-order valence-electron chi connectivity index (χ4n) is 2.06. The van der Waals surface area contributed by atoms with Crippen LogP contribution in [-0.2, 0) is 4.79 Å². The Labute approximate surface area is 120 Å². The van der Waals surface area contributed by atoms with Crippen molar-refractivity contribution >= 4 is 39.9 Å². The van der Waals surface area contributed by atoms with Gasteiger partial charge in [0, 0.05) is 5.69 Å². The number of anilines is 1. The summed E-state index contributed by atoms with van der Waals surface area (Å²) in [5.74, 6) is -0.542. The number of rotatable bonds is 2. The molecule has 0 aromatic heterocycles. The molecule has 0 radical (unpaired) electrons. The lowest BCUT2D eigenvalue weighted by molar-refractivity contribution is -0.121. The molecule has 2 rings (SSSR count). The van der Waals surface area contributed by atoms with Crippen molar-refractivity contribution in [3.8, 4) is 0 Å². The first-order valence-electron chi connectivity index (χ1n) is 5.57. The Bertz CT molecular complexity index is 450. The van der Waals surface area contributed by atoms with Gasteiger partial charge in [-0.1, -0.05) is 12.8 Å². The van der Waals surface area contributed by atoms with Crippen LogP contribution >= 0.6 is 28.3 Å². The minimum atomic E-state index is -0.763. The molecule has 0 unspecified atom stereocenters. The van der Waals surface area contributed by atoms with Crippen LogP contribution in [0.5, 0.6) is 0 Å². The molecule has 1 saturated carbocycles. The summed E-state index contributed by atoms with van der Waals surface area (Å²) in [6.07, 6.45) is 3.39. The monoisotopic (exact) mass is 336 g/mol. The molecular weight excluding hydrogens is 323 g/mol. The maximum absolute atomic E-state index is 13.0. The summed E-state index contributed by atoms with van der Waals surface area (Å²) >= 11 is 3.08. The van der Waals surface area contributed by atoms with E-state index in [0.29, 0.717) is 23.0 Å². The van der Waals surface area contributed by atoms with Crippen LogP contribution in [0.25, 0.3) is 0 Å². The zero-order chi connectivity index (χ0) is 12.5. The van der Waals surface area contributed by atoms with Gasteiger partial charge in [0.2, 0.25) is 5.91 Å². The minimum Gasteiger partial charge on any atom is -0.324 e. The van der Waals surface area contributed by atoms with Gasteiger partial charge in [-0.25, -0.2) is 4.39 Å². The van der Waals surface area contributed by atoms with Gasteiger partial charge in [-0.3, -0.25) is 4.79 Å². The molecular formula is C12H15BrClFN2O. The molecule has 1 aliphatic carbocycles. The maximum atomic E-state index is 13.0. The van der Waals surface area contributed by atoms with Crippen LogP contribution in [0.3, 0.4) is 0 Å². The molecule has 1 fully saturated rings. The molecule has 18 heavy (non-hydrogen) atoms. The molecule has 0 spiro atoms. The van der Waals surface area contributed by atoms with Gasteiger partial charge in [-0.05, 0) is 47.0 Å². The molecule has 1 aromatic carbocycles. The maximum Gasteiger partial charge on any atom is 0.244 e. The summed E-state index contributed by atoms with van der Waals surface area (Å²) in [5, 5.41) is 2.73. The zero-order valence-electron chi connectivity index (χ0n) is 9.71. The lowest BCUT2D eigenvalue weighted by Gasteiger charge is -2.22. The van der Waals surface area contributed by atoms with E-state index in [9.17, 15) is 9.18 Å². The van der Waals surface area contributed by atoms with E-state index in [0.717, 1.165) is 12.8 Å². The average Bonchev–Trinajstić information content (AvgIpc) is 2.72. The molecule has 3 N–H and O–H groups in total. The summed E-state index contributed by atoms with van der Waals surface area (Å²) in [7, 11) is 0. The van der Waals surface area contributed by atoms with Crippen LogP contribution in [0.1, 0.15) is 25.7 Å². The first-order valence-corrected chi connectivity index (χ1v) is 6.36. The molecule has 0 atom stereocenters. The van der Waals surface area contributed by atoms with Crippen molar-refractivity contribution in [1.29, 1.82) is 0 Å². The molecule has 0 saturated heterocycles. The van der Waals surface area contributed by atoms with Crippen molar-refractivity contribution in [2.24, 2.45) is 5.73 Å². The second-order valence-corrected chi connectivity index (χ2v) is 5.30. The van der Waals surface area contributed by atoms with E-state index in [1.54, 1.807) is 0 Å². The molecule has 1 amide bonds. The van der Waals surface area contributed by atoms with E-state index in [1.807, 2.05) is 0 Å². The number of halogens is 3. The SMILES string of the molecule is Cl.NC1(C(=O)Nc2ccc(F)c(Br)c2)CCCC1. The van der Waals surface area contributed by atoms with Crippen molar-refractivity contribution in [3.05, 3.63) is 28.5 Å². The third kappa shape index (κ3) is 3.22. The van der Waals surface area contributed by atoms with E-state index in [4.69, 9.17) is 5.73 Å². The van der Waals surface area contributed by atoms with Crippen molar-refractivity contribution < 1.29 is 9.18 Å². The number of hydrogen-bond acceptors (Lipinski definition) is 2. The first kappa shape index (κ1) is 15.4. The second-order valence-electron chi connectivity index (χ2n) is 4.45. The predicted molar refractivity (Wildman–Crippen MR) is 75.4 cm³/mol. The summed E-state index contributed by atoms with van der Waals surface area (Å²) < 4.78 is 13.4. The number of hydrogen-bond donors (Lipinski definition) is 2. The molecule has 3 nitrogen and oxygen atoms in total. The predicted octanol–water partition coefficient (Wildman–Crippen LogP) is 3.22. The van der Waals surface area contributed by atoms with Gasteiger partial charge < -0.3 is 11.1 Å². The number of benzene rings is 1. The lowest BCUT2D eigenvalue weighted by Crippen LogP contribution is -2.48.